The molecule has 4 nitrogen and oxygen atoms in total. The topological polar surface area (TPSA) is 78.2 Å². The summed E-state index contributed by atoms with van der Waals surface area (Å²) in [6.45, 7) is 1.39. The second kappa shape index (κ2) is 5.99. The second-order valence-electron chi connectivity index (χ2n) is 6.12. The van der Waals surface area contributed by atoms with E-state index in [-0.39, 0.29) is 4.90 Å². The maximum Gasteiger partial charge on any atom is 0.183 e. The zero-order valence-electron chi connectivity index (χ0n) is 13.0. The number of aliphatic hydroxyl groups excluding tert-OH is 1. The number of aliphatic hydroxyl groups is 1. The Balaban J connectivity index is 2.06. The van der Waals surface area contributed by atoms with Crippen molar-refractivity contribution < 1.29 is 13.5 Å². The van der Waals surface area contributed by atoms with Crippen molar-refractivity contribution in [2.45, 2.75) is 23.0 Å². The minimum atomic E-state index is -3.72. The highest BCUT2D eigenvalue weighted by atomic mass is 79.9. The third kappa shape index (κ3) is 2.57. The van der Waals surface area contributed by atoms with Crippen LogP contribution >= 0.6 is 15.9 Å². The van der Waals surface area contributed by atoms with Gasteiger partial charge in [-0.2, -0.15) is 5.26 Å². The van der Waals surface area contributed by atoms with E-state index in [1.54, 1.807) is 36.4 Å². The molecule has 6 heteroatoms. The molecule has 0 spiro atoms. The fourth-order valence-electron chi connectivity index (χ4n) is 3.23. The number of hydrogen-bond acceptors (Lipinski definition) is 4. The van der Waals surface area contributed by atoms with Crippen LogP contribution in [0.2, 0.25) is 0 Å². The van der Waals surface area contributed by atoms with E-state index < -0.39 is 33.0 Å². The Morgan fingerprint density at radius 3 is 2.25 bits per heavy atom. The Bertz CT molecular complexity index is 901. The molecular weight excluding hydrogens is 390 g/mol. The first-order valence-corrected chi connectivity index (χ1v) is 9.79. The van der Waals surface area contributed by atoms with Crippen molar-refractivity contribution >= 4 is 25.8 Å². The van der Waals surface area contributed by atoms with Crippen LogP contribution < -0.4 is 0 Å². The predicted molar refractivity (Wildman–Crippen MR) is 94.2 cm³/mol. The third-order valence-corrected chi connectivity index (χ3v) is 7.46. The van der Waals surface area contributed by atoms with E-state index >= 15 is 0 Å². The maximum atomic E-state index is 13.0. The zero-order valence-corrected chi connectivity index (χ0v) is 15.4. The molecule has 3 rings (SSSR count). The monoisotopic (exact) mass is 405 g/mol. The van der Waals surface area contributed by atoms with Crippen LogP contribution in [-0.2, 0) is 9.84 Å². The minimum Gasteiger partial charge on any atom is -0.395 e. The predicted octanol–water partition coefficient (Wildman–Crippen LogP) is 3.20. The molecule has 3 atom stereocenters. The number of nitriles is 1. The van der Waals surface area contributed by atoms with Gasteiger partial charge >= 0.3 is 0 Å². The second-order valence-corrected chi connectivity index (χ2v) is 9.10. The summed E-state index contributed by atoms with van der Waals surface area (Å²) in [4.78, 5) is 0.186. The summed E-state index contributed by atoms with van der Waals surface area (Å²) in [6, 6.07) is 15.8. The average Bonchev–Trinajstić information content (AvgIpc) is 3.26. The molecule has 1 fully saturated rings. The number of aryl methyl sites for hydroxylation is 1. The van der Waals surface area contributed by atoms with Crippen LogP contribution in [0.4, 0.5) is 0 Å². The van der Waals surface area contributed by atoms with Crippen LogP contribution in [0.3, 0.4) is 0 Å². The summed E-state index contributed by atoms with van der Waals surface area (Å²) in [6.07, 6.45) is 0. The smallest absolute Gasteiger partial charge is 0.183 e. The third-order valence-electron chi connectivity index (χ3n) is 4.64. The molecule has 1 aliphatic carbocycles. The first-order valence-electron chi connectivity index (χ1n) is 7.45. The lowest BCUT2D eigenvalue weighted by Gasteiger charge is -2.06. The Morgan fingerprint density at radius 1 is 1.17 bits per heavy atom. The molecular formula is C18H16BrNO3S. The van der Waals surface area contributed by atoms with Crippen molar-refractivity contribution in [3.63, 3.8) is 0 Å². The van der Waals surface area contributed by atoms with Gasteiger partial charge in [-0.05, 0) is 36.8 Å². The molecule has 0 unspecified atom stereocenters. The summed E-state index contributed by atoms with van der Waals surface area (Å²) < 4.78 is 26.9. The van der Waals surface area contributed by atoms with Gasteiger partial charge in [0.1, 0.15) is 5.41 Å². The van der Waals surface area contributed by atoms with E-state index in [2.05, 4.69) is 22.0 Å². The fourth-order valence-corrected chi connectivity index (χ4v) is 5.81. The Labute approximate surface area is 149 Å². The van der Waals surface area contributed by atoms with Crippen molar-refractivity contribution in [3.05, 3.63) is 64.1 Å². The number of halogens is 1. The lowest BCUT2D eigenvalue weighted by Crippen LogP contribution is -2.18. The molecule has 1 N–H and O–H groups in total. The van der Waals surface area contributed by atoms with Gasteiger partial charge in [-0.3, -0.25) is 0 Å². The maximum absolute atomic E-state index is 13.0. The minimum absolute atomic E-state index is 0.186. The molecule has 0 amide bonds. The highest BCUT2D eigenvalue weighted by Crippen LogP contribution is 2.63. The van der Waals surface area contributed by atoms with E-state index in [9.17, 15) is 18.8 Å². The van der Waals surface area contributed by atoms with Gasteiger partial charge in [0.25, 0.3) is 0 Å². The van der Waals surface area contributed by atoms with Crippen LogP contribution in [0.15, 0.2) is 57.9 Å². The zero-order chi connectivity index (χ0) is 17.5. The molecule has 0 aromatic heterocycles. The largest absolute Gasteiger partial charge is 0.395 e. The molecule has 24 heavy (non-hydrogen) atoms. The molecule has 0 bridgehead atoms. The van der Waals surface area contributed by atoms with Crippen molar-refractivity contribution in [3.8, 4) is 6.07 Å². The van der Waals surface area contributed by atoms with Gasteiger partial charge in [-0.15, -0.1) is 0 Å². The molecule has 124 valence electrons. The molecule has 0 aliphatic heterocycles. The molecule has 1 saturated carbocycles. The van der Waals surface area contributed by atoms with E-state index in [0.29, 0.717) is 0 Å². The van der Waals surface area contributed by atoms with E-state index in [1.165, 1.54) is 0 Å². The molecule has 2 aromatic carbocycles. The van der Waals surface area contributed by atoms with Crippen molar-refractivity contribution in [1.29, 1.82) is 5.26 Å². The van der Waals surface area contributed by atoms with Gasteiger partial charge in [-0.25, -0.2) is 8.42 Å². The van der Waals surface area contributed by atoms with E-state index in [4.69, 9.17) is 0 Å². The van der Waals surface area contributed by atoms with Crippen molar-refractivity contribution in [2.75, 3.05) is 6.61 Å². The summed E-state index contributed by atoms with van der Waals surface area (Å²) in [5, 5.41) is 18.4. The number of nitrogens with zero attached hydrogens (tertiary/aromatic N) is 1. The van der Waals surface area contributed by atoms with Crippen LogP contribution in [0.5, 0.6) is 0 Å². The summed E-state index contributed by atoms with van der Waals surface area (Å²) >= 11 is 3.34. The highest BCUT2D eigenvalue weighted by molar-refractivity contribution is 9.10. The van der Waals surface area contributed by atoms with Gasteiger partial charge in [0, 0.05) is 10.4 Å². The fraction of sp³-hybridized carbons (Fsp3) is 0.278. The molecule has 0 radical (unpaired) electrons. The van der Waals surface area contributed by atoms with E-state index in [1.807, 2.05) is 19.1 Å². The number of hydrogen-bond donors (Lipinski definition) is 1. The number of rotatable bonds is 4. The molecule has 1 aliphatic rings. The Hall–Kier alpha value is -1.68. The SMILES string of the molecule is Cc1ccc(S(=O)(=O)[C@@H]2[C@H](c3ccc(Br)cc3)[C@]2(C#N)CO)cc1. The average molecular weight is 406 g/mol. The van der Waals surface area contributed by atoms with Gasteiger partial charge in [0.15, 0.2) is 9.84 Å². The van der Waals surface area contributed by atoms with Crippen LogP contribution in [0.1, 0.15) is 17.0 Å². The normalized spacial score (nSPS) is 25.9. The van der Waals surface area contributed by atoms with E-state index in [0.717, 1.165) is 15.6 Å². The van der Waals surface area contributed by atoms with Crippen LogP contribution in [0, 0.1) is 23.7 Å². The van der Waals surface area contributed by atoms with Crippen LogP contribution in [0.25, 0.3) is 0 Å². The lowest BCUT2D eigenvalue weighted by atomic mass is 10.0. The van der Waals surface area contributed by atoms with Gasteiger partial charge in [-0.1, -0.05) is 45.8 Å². The van der Waals surface area contributed by atoms with Gasteiger partial charge in [0.05, 0.1) is 22.8 Å². The first-order chi connectivity index (χ1) is 11.4. The van der Waals surface area contributed by atoms with Gasteiger partial charge < -0.3 is 5.11 Å². The van der Waals surface area contributed by atoms with Crippen molar-refractivity contribution in [1.82, 2.24) is 0 Å². The quantitative estimate of drug-likeness (QED) is 0.846. The molecule has 2 aromatic rings. The van der Waals surface area contributed by atoms with Gasteiger partial charge in [0.2, 0.25) is 0 Å². The molecule has 0 saturated heterocycles. The standard InChI is InChI=1S/C18H16BrNO3S/c1-12-2-8-15(9-3-12)24(22,23)17-16(18(17,10-20)11-21)13-4-6-14(19)7-5-13/h2-9,16-17,21H,11H2,1H3/t16-,17+,18-/m0/s1. The molecule has 0 heterocycles. The Kier molecular flexibility index (Phi) is 4.28. The summed E-state index contributed by atoms with van der Waals surface area (Å²) in [5.74, 6) is -0.535. The van der Waals surface area contributed by atoms with Crippen molar-refractivity contribution in [2.24, 2.45) is 5.41 Å². The number of sulfone groups is 1. The summed E-state index contributed by atoms with van der Waals surface area (Å²) in [7, 11) is -3.72. The number of benzene rings is 2. The van der Waals surface area contributed by atoms with Crippen LogP contribution in [-0.4, -0.2) is 25.4 Å². The summed E-state index contributed by atoms with van der Waals surface area (Å²) in [5.41, 5.74) is 0.412. The highest BCUT2D eigenvalue weighted by Gasteiger charge is 2.72. The first kappa shape index (κ1) is 17.2. The lowest BCUT2D eigenvalue weighted by molar-refractivity contribution is 0.242. The Morgan fingerprint density at radius 2 is 1.75 bits per heavy atom.